The lowest BCUT2D eigenvalue weighted by atomic mass is 9.90. The van der Waals surface area contributed by atoms with Gasteiger partial charge >= 0.3 is 0 Å². The summed E-state index contributed by atoms with van der Waals surface area (Å²) in [4.78, 5) is 9.94. The van der Waals surface area contributed by atoms with Gasteiger partial charge in [-0.3, -0.25) is 9.97 Å². The molecular formula is C30H33ClN6O2S2. The molecule has 0 amide bonds. The number of fused-ring (bicyclic) bond motifs is 4. The van der Waals surface area contributed by atoms with Crippen LogP contribution in [0, 0.1) is 17.8 Å². The topological polar surface area (TPSA) is 90.5 Å². The normalized spacial score (nSPS) is 27.4. The number of hydrogen-bond acceptors (Lipinski definition) is 6. The smallest absolute Gasteiger partial charge is 0.128 e. The van der Waals surface area contributed by atoms with E-state index in [0.29, 0.717) is 22.9 Å². The lowest BCUT2D eigenvalue weighted by molar-refractivity contribution is 0.235. The first-order valence-corrected chi connectivity index (χ1v) is 16.8. The van der Waals surface area contributed by atoms with Crippen LogP contribution in [0.25, 0.3) is 21.5 Å². The van der Waals surface area contributed by atoms with Crippen LogP contribution in [0.5, 0.6) is 0 Å². The molecule has 4 aliphatic heterocycles. The second kappa shape index (κ2) is 11.8. The van der Waals surface area contributed by atoms with Crippen LogP contribution in [0.15, 0.2) is 77.0 Å². The van der Waals surface area contributed by atoms with E-state index in [1.807, 2.05) is 53.0 Å². The number of halogens is 1. The van der Waals surface area contributed by atoms with Crippen molar-refractivity contribution in [3.8, 4) is 0 Å². The van der Waals surface area contributed by atoms with Crippen molar-refractivity contribution in [2.75, 3.05) is 45.8 Å². The zero-order valence-electron chi connectivity index (χ0n) is 22.6. The summed E-state index contributed by atoms with van der Waals surface area (Å²) in [6.07, 6.45) is 8.13. The van der Waals surface area contributed by atoms with Crippen LogP contribution in [-0.4, -0.2) is 78.9 Å². The van der Waals surface area contributed by atoms with Gasteiger partial charge in [-0.1, -0.05) is 35.9 Å². The number of rotatable bonds is 4. The molecule has 4 fully saturated rings. The molecule has 4 aliphatic rings. The van der Waals surface area contributed by atoms with E-state index >= 15 is 0 Å². The molecule has 0 saturated carbocycles. The molecule has 0 spiro atoms. The number of nitrogens with one attached hydrogen (secondary N) is 2. The molecule has 11 heteroatoms. The number of benzene rings is 2. The van der Waals surface area contributed by atoms with Crippen molar-refractivity contribution in [1.82, 2.24) is 29.2 Å². The number of hydrogen-bond donors (Lipinski definition) is 2. The number of piperidine rings is 1. The molecule has 8 nitrogen and oxygen atoms in total. The highest BCUT2D eigenvalue weighted by Gasteiger charge is 2.41. The predicted molar refractivity (Wildman–Crippen MR) is 164 cm³/mol. The number of nitrogens with zero attached hydrogens (tertiary/aromatic N) is 4. The summed E-state index contributed by atoms with van der Waals surface area (Å²) < 4.78 is 30.0. The predicted octanol–water partition coefficient (Wildman–Crippen LogP) is 3.61. The second-order valence-electron chi connectivity index (χ2n) is 11.3. The molecule has 6 atom stereocenters. The quantitative estimate of drug-likeness (QED) is 0.368. The Morgan fingerprint density at radius 2 is 1.54 bits per heavy atom. The van der Waals surface area contributed by atoms with Gasteiger partial charge in [0, 0.05) is 91.0 Å². The SMILES string of the molecule is O=S(c1cccc2cncc(Cl)c12)N1CC2CNC2C1.O=S(c1cccc2cnccc12)N1CCC2CNCC2C1. The first-order valence-electron chi connectivity index (χ1n) is 14.2. The minimum atomic E-state index is -1.16. The Kier molecular flexibility index (Phi) is 7.89. The van der Waals surface area contributed by atoms with E-state index in [4.69, 9.17) is 11.6 Å². The summed E-state index contributed by atoms with van der Waals surface area (Å²) in [5.74, 6) is 2.07. The Morgan fingerprint density at radius 1 is 0.780 bits per heavy atom. The lowest BCUT2D eigenvalue weighted by Gasteiger charge is -2.33. The van der Waals surface area contributed by atoms with E-state index in [0.717, 1.165) is 89.5 Å². The molecule has 2 N–H and O–H groups in total. The zero-order valence-corrected chi connectivity index (χ0v) is 25.0. The third kappa shape index (κ3) is 5.35. The van der Waals surface area contributed by atoms with Crippen LogP contribution in [0.4, 0.5) is 0 Å². The fourth-order valence-corrected chi connectivity index (χ4v) is 9.79. The van der Waals surface area contributed by atoms with E-state index in [-0.39, 0.29) is 0 Å². The molecule has 41 heavy (non-hydrogen) atoms. The third-order valence-corrected chi connectivity index (χ3v) is 12.2. The molecule has 4 saturated heterocycles. The zero-order chi connectivity index (χ0) is 27.9. The van der Waals surface area contributed by atoms with Crippen molar-refractivity contribution in [1.29, 1.82) is 0 Å². The summed E-state index contributed by atoms with van der Waals surface area (Å²) >= 11 is 6.25. The van der Waals surface area contributed by atoms with Crippen molar-refractivity contribution in [3.05, 3.63) is 72.3 Å². The van der Waals surface area contributed by atoms with Gasteiger partial charge in [0.2, 0.25) is 0 Å². The van der Waals surface area contributed by atoms with E-state index in [2.05, 4.69) is 24.9 Å². The Bertz CT molecular complexity index is 1620. The summed E-state index contributed by atoms with van der Waals surface area (Å²) in [6, 6.07) is 14.2. The van der Waals surface area contributed by atoms with Crippen LogP contribution in [0.1, 0.15) is 6.42 Å². The van der Waals surface area contributed by atoms with Gasteiger partial charge in [-0.25, -0.2) is 17.0 Å². The van der Waals surface area contributed by atoms with Crippen LogP contribution in [0.2, 0.25) is 5.02 Å². The van der Waals surface area contributed by atoms with E-state index < -0.39 is 22.0 Å². The molecule has 6 heterocycles. The Balaban J connectivity index is 0.000000135. The first kappa shape index (κ1) is 27.5. The molecule has 0 bridgehead atoms. The maximum absolute atomic E-state index is 13.0. The average molecular weight is 609 g/mol. The molecule has 4 aromatic rings. The molecule has 2 aromatic heterocycles. The van der Waals surface area contributed by atoms with E-state index in [1.54, 1.807) is 18.6 Å². The molecular weight excluding hydrogens is 576 g/mol. The Hall–Kier alpha value is -2.31. The van der Waals surface area contributed by atoms with Gasteiger partial charge < -0.3 is 10.6 Å². The molecule has 0 aliphatic carbocycles. The monoisotopic (exact) mass is 608 g/mol. The largest absolute Gasteiger partial charge is 0.316 e. The minimum absolute atomic E-state index is 0.506. The summed E-state index contributed by atoms with van der Waals surface area (Å²) in [7, 11) is -2.24. The fraction of sp³-hybridized carbons (Fsp3) is 0.400. The highest BCUT2D eigenvalue weighted by atomic mass is 35.5. The molecule has 6 unspecified atom stereocenters. The van der Waals surface area contributed by atoms with Gasteiger partial charge in [0.05, 0.1) is 14.8 Å². The molecule has 8 rings (SSSR count). The average Bonchev–Trinajstić information content (AvgIpc) is 3.59. The third-order valence-electron chi connectivity index (χ3n) is 8.90. The van der Waals surface area contributed by atoms with Gasteiger partial charge in [-0.05, 0) is 49.5 Å². The van der Waals surface area contributed by atoms with Crippen molar-refractivity contribution in [2.45, 2.75) is 22.3 Å². The fourth-order valence-electron chi connectivity index (χ4n) is 6.53. The van der Waals surface area contributed by atoms with Gasteiger partial charge in [0.1, 0.15) is 22.0 Å². The standard InChI is InChI=1S/C16H19N3OS.C14H14ClN3OS/c20-21(19-7-5-12-8-18-10-14(12)11-19)16-3-1-2-13-9-17-6-4-15(13)16;15-11-6-16-4-9-2-1-3-13(14(9)11)20(19)18-7-10-5-17-12(10)8-18/h1-4,6,9,12,14,18H,5,7-8,10-11H2;1-4,6,10,12,17H,5,7-8H2. The van der Waals surface area contributed by atoms with Crippen LogP contribution in [-0.2, 0) is 22.0 Å². The minimum Gasteiger partial charge on any atom is -0.316 e. The highest BCUT2D eigenvalue weighted by Crippen LogP contribution is 2.33. The molecule has 2 aromatic carbocycles. The van der Waals surface area contributed by atoms with E-state index in [9.17, 15) is 8.42 Å². The summed E-state index contributed by atoms with van der Waals surface area (Å²) in [5.41, 5.74) is 0. The van der Waals surface area contributed by atoms with Crippen molar-refractivity contribution in [3.63, 3.8) is 0 Å². The van der Waals surface area contributed by atoms with Gasteiger partial charge in [0.25, 0.3) is 0 Å². The van der Waals surface area contributed by atoms with Crippen LogP contribution >= 0.6 is 11.6 Å². The van der Waals surface area contributed by atoms with Crippen molar-refractivity contribution in [2.24, 2.45) is 17.8 Å². The Labute approximate surface area is 250 Å². The van der Waals surface area contributed by atoms with Crippen LogP contribution in [0.3, 0.4) is 0 Å². The first-order chi connectivity index (χ1) is 20.1. The van der Waals surface area contributed by atoms with Gasteiger partial charge in [0.15, 0.2) is 0 Å². The Morgan fingerprint density at radius 3 is 2.34 bits per heavy atom. The maximum Gasteiger partial charge on any atom is 0.128 e. The van der Waals surface area contributed by atoms with Crippen LogP contribution < -0.4 is 10.6 Å². The van der Waals surface area contributed by atoms with Crippen molar-refractivity contribution < 1.29 is 8.42 Å². The summed E-state index contributed by atoms with van der Waals surface area (Å²) in [5, 5.41) is 11.3. The molecule has 214 valence electrons. The maximum atomic E-state index is 13.0. The number of aromatic nitrogens is 2. The summed E-state index contributed by atoms with van der Waals surface area (Å²) in [6.45, 7) is 6.84. The lowest BCUT2D eigenvalue weighted by Crippen LogP contribution is -2.51. The highest BCUT2D eigenvalue weighted by molar-refractivity contribution is 7.83. The number of pyridine rings is 2. The van der Waals surface area contributed by atoms with E-state index in [1.165, 1.54) is 0 Å². The second-order valence-corrected chi connectivity index (χ2v) is 14.6. The van der Waals surface area contributed by atoms with Crippen molar-refractivity contribution >= 4 is 55.1 Å². The van der Waals surface area contributed by atoms with Gasteiger partial charge in [-0.15, -0.1) is 0 Å². The van der Waals surface area contributed by atoms with Gasteiger partial charge in [-0.2, -0.15) is 0 Å². The molecule has 0 radical (unpaired) electrons.